The zero-order chi connectivity index (χ0) is 16.8. The van der Waals surface area contributed by atoms with Crippen LogP contribution >= 0.6 is 0 Å². The Hall–Kier alpha value is -1.72. The Bertz CT molecular complexity index is 602. The lowest BCUT2D eigenvalue weighted by Crippen LogP contribution is -2.62. The zero-order valence-electron chi connectivity index (χ0n) is 13.6. The van der Waals surface area contributed by atoms with Crippen molar-refractivity contribution in [3.63, 3.8) is 0 Å². The molecule has 1 fully saturated rings. The second-order valence-corrected chi connectivity index (χ2v) is 6.19. The van der Waals surface area contributed by atoms with Crippen LogP contribution in [0.5, 0.6) is 0 Å². The average Bonchev–Trinajstić information content (AvgIpc) is 2.64. The third kappa shape index (κ3) is 4.02. The maximum Gasteiger partial charge on any atom is 0.111 e. The summed E-state index contributed by atoms with van der Waals surface area (Å²) in [4.78, 5) is 0. The van der Waals surface area contributed by atoms with Crippen molar-refractivity contribution in [1.82, 2.24) is 0 Å². The molecule has 4 heteroatoms. The summed E-state index contributed by atoms with van der Waals surface area (Å²) in [6.45, 7) is 0.962. The van der Waals surface area contributed by atoms with E-state index in [9.17, 15) is 10.2 Å². The predicted molar refractivity (Wildman–Crippen MR) is 91.2 cm³/mol. The van der Waals surface area contributed by atoms with Crippen molar-refractivity contribution in [2.75, 3.05) is 6.61 Å². The summed E-state index contributed by atoms with van der Waals surface area (Å²) in [7, 11) is 0. The molecule has 4 nitrogen and oxygen atoms in total. The van der Waals surface area contributed by atoms with Gasteiger partial charge < -0.3 is 19.7 Å². The fraction of sp³-hybridized carbons (Fsp3) is 0.400. The number of hydrogen-bond acceptors (Lipinski definition) is 4. The number of rotatable bonds is 8. The van der Waals surface area contributed by atoms with Crippen LogP contribution in [0.3, 0.4) is 0 Å². The SMILES string of the molecule is OCC[C@@H]1[C@@H](O)[C@H](OCc2ccccc2)[C@H]1OCc1ccccc1. The van der Waals surface area contributed by atoms with Crippen molar-refractivity contribution in [2.45, 2.75) is 37.9 Å². The van der Waals surface area contributed by atoms with E-state index in [1.54, 1.807) is 0 Å². The van der Waals surface area contributed by atoms with Gasteiger partial charge in [-0.1, -0.05) is 60.7 Å². The molecule has 0 radical (unpaired) electrons. The summed E-state index contributed by atoms with van der Waals surface area (Å²) in [6, 6.07) is 19.8. The lowest BCUT2D eigenvalue weighted by Gasteiger charge is -2.48. The average molecular weight is 328 g/mol. The number of aliphatic hydroxyl groups excluding tert-OH is 2. The summed E-state index contributed by atoms with van der Waals surface area (Å²) in [5.74, 6) is -0.0838. The van der Waals surface area contributed by atoms with Crippen LogP contribution in [-0.2, 0) is 22.7 Å². The summed E-state index contributed by atoms with van der Waals surface area (Å²) < 4.78 is 11.9. The third-order valence-corrected chi connectivity index (χ3v) is 4.55. The number of ether oxygens (including phenoxy) is 2. The normalized spacial score (nSPS) is 26.1. The van der Waals surface area contributed by atoms with Crippen molar-refractivity contribution >= 4 is 0 Å². The summed E-state index contributed by atoms with van der Waals surface area (Å²) in [6.07, 6.45) is -0.630. The molecule has 1 aliphatic rings. The van der Waals surface area contributed by atoms with Gasteiger partial charge in [-0.15, -0.1) is 0 Å². The molecular weight excluding hydrogens is 304 g/mol. The van der Waals surface area contributed by atoms with Crippen LogP contribution in [0.25, 0.3) is 0 Å². The van der Waals surface area contributed by atoms with Crippen LogP contribution in [0.15, 0.2) is 60.7 Å². The van der Waals surface area contributed by atoms with Crippen LogP contribution < -0.4 is 0 Å². The molecule has 0 aliphatic heterocycles. The number of hydrogen-bond donors (Lipinski definition) is 2. The molecule has 1 saturated carbocycles. The van der Waals surface area contributed by atoms with E-state index in [0.29, 0.717) is 19.6 Å². The van der Waals surface area contributed by atoms with E-state index in [0.717, 1.165) is 11.1 Å². The van der Waals surface area contributed by atoms with E-state index in [4.69, 9.17) is 9.47 Å². The molecular formula is C20H24O4. The third-order valence-electron chi connectivity index (χ3n) is 4.55. The van der Waals surface area contributed by atoms with Gasteiger partial charge in [0, 0.05) is 12.5 Å². The van der Waals surface area contributed by atoms with Gasteiger partial charge in [0.1, 0.15) is 6.10 Å². The Morgan fingerprint density at radius 2 is 1.25 bits per heavy atom. The lowest BCUT2D eigenvalue weighted by molar-refractivity contribution is -0.242. The van der Waals surface area contributed by atoms with Crippen molar-refractivity contribution in [1.29, 1.82) is 0 Å². The first-order valence-corrected chi connectivity index (χ1v) is 8.39. The van der Waals surface area contributed by atoms with Gasteiger partial charge in [-0.3, -0.25) is 0 Å². The zero-order valence-corrected chi connectivity index (χ0v) is 13.6. The van der Waals surface area contributed by atoms with Gasteiger partial charge in [0.05, 0.1) is 25.4 Å². The Balaban J connectivity index is 1.58. The molecule has 0 amide bonds. The molecule has 4 atom stereocenters. The summed E-state index contributed by atoms with van der Waals surface area (Å²) in [5, 5.41) is 19.5. The molecule has 2 aromatic carbocycles. The van der Waals surface area contributed by atoms with E-state index in [1.807, 2.05) is 60.7 Å². The second kappa shape index (κ2) is 8.40. The first-order chi connectivity index (χ1) is 11.8. The molecule has 1 aliphatic carbocycles. The second-order valence-electron chi connectivity index (χ2n) is 6.19. The minimum Gasteiger partial charge on any atom is -0.396 e. The maximum atomic E-state index is 10.3. The molecule has 2 N–H and O–H groups in total. The van der Waals surface area contributed by atoms with Crippen molar-refractivity contribution in [2.24, 2.45) is 5.92 Å². The molecule has 0 bridgehead atoms. The molecule has 3 rings (SSSR count). The molecule has 0 saturated heterocycles. The lowest BCUT2D eigenvalue weighted by atomic mass is 9.73. The van der Waals surface area contributed by atoms with Crippen LogP contribution in [0, 0.1) is 5.92 Å². The largest absolute Gasteiger partial charge is 0.396 e. The Morgan fingerprint density at radius 1 is 0.750 bits per heavy atom. The topological polar surface area (TPSA) is 58.9 Å². The number of aliphatic hydroxyl groups is 2. The van der Waals surface area contributed by atoms with Gasteiger partial charge in [0.2, 0.25) is 0 Å². The fourth-order valence-electron chi connectivity index (χ4n) is 3.16. The Labute approximate surface area is 142 Å². The quantitative estimate of drug-likeness (QED) is 0.782. The van der Waals surface area contributed by atoms with Gasteiger partial charge >= 0.3 is 0 Å². The maximum absolute atomic E-state index is 10.3. The highest BCUT2D eigenvalue weighted by Crippen LogP contribution is 2.37. The highest BCUT2D eigenvalue weighted by molar-refractivity contribution is 5.15. The van der Waals surface area contributed by atoms with Gasteiger partial charge in [0.15, 0.2) is 0 Å². The van der Waals surface area contributed by atoms with Gasteiger partial charge in [-0.25, -0.2) is 0 Å². The minimum absolute atomic E-state index is 0.0400. The molecule has 0 spiro atoms. The van der Waals surface area contributed by atoms with E-state index in [1.165, 1.54) is 0 Å². The summed E-state index contributed by atoms with van der Waals surface area (Å²) in [5.41, 5.74) is 2.15. The molecule has 0 unspecified atom stereocenters. The fourth-order valence-corrected chi connectivity index (χ4v) is 3.16. The van der Waals surface area contributed by atoms with Gasteiger partial charge in [0.25, 0.3) is 0 Å². The van der Waals surface area contributed by atoms with Gasteiger partial charge in [-0.2, -0.15) is 0 Å². The minimum atomic E-state index is -0.596. The van der Waals surface area contributed by atoms with E-state index >= 15 is 0 Å². The summed E-state index contributed by atoms with van der Waals surface area (Å²) >= 11 is 0. The van der Waals surface area contributed by atoms with E-state index in [-0.39, 0.29) is 24.7 Å². The predicted octanol–water partition coefficient (Wildman–Crippen LogP) is 2.53. The molecule has 128 valence electrons. The van der Waals surface area contributed by atoms with Crippen molar-refractivity contribution in [3.8, 4) is 0 Å². The first-order valence-electron chi connectivity index (χ1n) is 8.39. The van der Waals surface area contributed by atoms with E-state index < -0.39 is 6.10 Å². The smallest absolute Gasteiger partial charge is 0.111 e. The molecule has 0 heterocycles. The van der Waals surface area contributed by atoms with Gasteiger partial charge in [-0.05, 0) is 17.5 Å². The van der Waals surface area contributed by atoms with Crippen LogP contribution in [0.2, 0.25) is 0 Å². The Kier molecular flexibility index (Phi) is 5.99. The highest BCUT2D eigenvalue weighted by Gasteiger charge is 2.51. The standard InChI is InChI=1S/C20H24O4/c21-12-11-17-18(22)20(24-14-16-9-5-2-6-10-16)19(17)23-13-15-7-3-1-4-8-15/h1-10,17-22H,11-14H2/t17-,18-,19+,20+/m1/s1. The number of benzene rings is 2. The molecule has 0 aromatic heterocycles. The van der Waals surface area contributed by atoms with E-state index in [2.05, 4.69) is 0 Å². The highest BCUT2D eigenvalue weighted by atomic mass is 16.6. The molecule has 2 aromatic rings. The van der Waals surface area contributed by atoms with Crippen LogP contribution in [0.4, 0.5) is 0 Å². The monoisotopic (exact) mass is 328 g/mol. The first kappa shape index (κ1) is 17.1. The van der Waals surface area contributed by atoms with Crippen molar-refractivity contribution < 1.29 is 19.7 Å². The Morgan fingerprint density at radius 3 is 1.75 bits per heavy atom. The van der Waals surface area contributed by atoms with Crippen molar-refractivity contribution in [3.05, 3.63) is 71.8 Å². The molecule has 24 heavy (non-hydrogen) atoms. The van der Waals surface area contributed by atoms with Crippen LogP contribution in [-0.4, -0.2) is 35.1 Å². The van der Waals surface area contributed by atoms with Crippen LogP contribution in [0.1, 0.15) is 17.5 Å².